The molecule has 0 saturated heterocycles. The molecule has 7 nitrogen and oxygen atoms in total. The standard InChI is InChI=1S/C23H22N4O3/c1-13(2)30-21-9-6-14(10-15(21)11-24)20-12-25-22(26-20)18-5-3-4-17-16(18)7-8-19(17)27-23(28)29/h3-6,9-10,12-13,19,27H,7-8H2,1-2H3,(H,25,26)(H,28,29). The number of nitriles is 1. The first-order valence-electron chi connectivity index (χ1n) is 9.84. The zero-order valence-corrected chi connectivity index (χ0v) is 16.8. The molecule has 1 heterocycles. The van der Waals surface area contributed by atoms with Gasteiger partial charge in [0.25, 0.3) is 0 Å². The molecule has 1 aliphatic rings. The molecule has 1 aromatic heterocycles. The number of aromatic amines is 1. The number of amides is 1. The van der Waals surface area contributed by atoms with Crippen molar-refractivity contribution >= 4 is 6.09 Å². The van der Waals surface area contributed by atoms with Gasteiger partial charge in [-0.15, -0.1) is 0 Å². The van der Waals surface area contributed by atoms with Crippen molar-refractivity contribution in [3.8, 4) is 34.5 Å². The van der Waals surface area contributed by atoms with Crippen molar-refractivity contribution in [1.82, 2.24) is 15.3 Å². The minimum atomic E-state index is -1.02. The van der Waals surface area contributed by atoms with E-state index in [1.807, 2.05) is 38.1 Å². The number of carbonyl (C=O) groups is 1. The number of imidazole rings is 1. The molecule has 3 N–H and O–H groups in total. The number of fused-ring (bicyclic) bond motifs is 1. The van der Waals surface area contributed by atoms with Crippen molar-refractivity contribution in [2.75, 3.05) is 0 Å². The number of nitrogens with one attached hydrogen (secondary N) is 2. The lowest BCUT2D eigenvalue weighted by Crippen LogP contribution is -2.24. The quantitative estimate of drug-likeness (QED) is 0.575. The SMILES string of the molecule is CC(C)Oc1ccc(-c2cnc(-c3cccc4c3CCC4NC(=O)O)[nH]2)cc1C#N. The highest BCUT2D eigenvalue weighted by Crippen LogP contribution is 2.37. The summed E-state index contributed by atoms with van der Waals surface area (Å²) in [4.78, 5) is 18.9. The molecule has 4 rings (SSSR count). The van der Waals surface area contributed by atoms with Crippen LogP contribution in [0.5, 0.6) is 5.75 Å². The average Bonchev–Trinajstić information content (AvgIpc) is 3.35. The summed E-state index contributed by atoms with van der Waals surface area (Å²) in [5.41, 5.74) is 5.19. The number of hydrogen-bond donors (Lipinski definition) is 3. The van der Waals surface area contributed by atoms with E-state index in [4.69, 9.17) is 9.84 Å². The molecule has 30 heavy (non-hydrogen) atoms. The second kappa shape index (κ2) is 7.91. The number of nitrogens with zero attached hydrogens (tertiary/aromatic N) is 2. The van der Waals surface area contributed by atoms with Crippen molar-refractivity contribution in [3.05, 3.63) is 59.3 Å². The van der Waals surface area contributed by atoms with Gasteiger partial charge in [-0.2, -0.15) is 5.26 Å². The predicted molar refractivity (Wildman–Crippen MR) is 112 cm³/mol. The minimum absolute atomic E-state index is 0.0127. The van der Waals surface area contributed by atoms with E-state index in [0.29, 0.717) is 11.3 Å². The third-order valence-corrected chi connectivity index (χ3v) is 5.17. The van der Waals surface area contributed by atoms with Gasteiger partial charge >= 0.3 is 6.09 Å². The number of rotatable bonds is 5. The van der Waals surface area contributed by atoms with E-state index in [0.717, 1.165) is 46.6 Å². The number of benzene rings is 2. The molecule has 0 bridgehead atoms. The molecule has 0 aliphatic heterocycles. The second-order valence-corrected chi connectivity index (χ2v) is 7.55. The topological polar surface area (TPSA) is 111 Å². The molecule has 0 fully saturated rings. The largest absolute Gasteiger partial charge is 0.490 e. The van der Waals surface area contributed by atoms with Crippen molar-refractivity contribution in [3.63, 3.8) is 0 Å². The first kappa shape index (κ1) is 19.5. The average molecular weight is 402 g/mol. The van der Waals surface area contributed by atoms with E-state index < -0.39 is 6.09 Å². The molecular formula is C23H22N4O3. The molecular weight excluding hydrogens is 380 g/mol. The van der Waals surface area contributed by atoms with Crippen LogP contribution in [-0.2, 0) is 6.42 Å². The maximum atomic E-state index is 11.1. The van der Waals surface area contributed by atoms with Gasteiger partial charge in [0.15, 0.2) is 0 Å². The Balaban J connectivity index is 1.66. The van der Waals surface area contributed by atoms with Crippen LogP contribution in [0, 0.1) is 11.3 Å². The molecule has 152 valence electrons. The Morgan fingerprint density at radius 1 is 1.37 bits per heavy atom. The fraction of sp³-hybridized carbons (Fsp3) is 0.261. The number of ether oxygens (including phenoxy) is 1. The van der Waals surface area contributed by atoms with Gasteiger partial charge in [-0.1, -0.05) is 18.2 Å². The molecule has 0 spiro atoms. The van der Waals surface area contributed by atoms with Crippen molar-refractivity contribution in [2.45, 2.75) is 38.8 Å². The summed E-state index contributed by atoms with van der Waals surface area (Å²) in [7, 11) is 0. The number of H-pyrrole nitrogens is 1. The van der Waals surface area contributed by atoms with E-state index in [2.05, 4.69) is 21.4 Å². The number of carboxylic acid groups (broad SMARTS) is 1. The number of hydrogen-bond acceptors (Lipinski definition) is 4. The van der Waals surface area contributed by atoms with Crippen LogP contribution in [0.4, 0.5) is 4.79 Å². The first-order valence-corrected chi connectivity index (χ1v) is 9.84. The molecule has 1 atom stereocenters. The Kier molecular flexibility index (Phi) is 5.15. The van der Waals surface area contributed by atoms with E-state index in [-0.39, 0.29) is 12.1 Å². The zero-order chi connectivity index (χ0) is 21.3. The lowest BCUT2D eigenvalue weighted by molar-refractivity contribution is 0.190. The van der Waals surface area contributed by atoms with Gasteiger partial charge in [0.1, 0.15) is 17.6 Å². The highest BCUT2D eigenvalue weighted by Gasteiger charge is 2.26. The Morgan fingerprint density at radius 3 is 2.93 bits per heavy atom. The number of aromatic nitrogens is 2. The second-order valence-electron chi connectivity index (χ2n) is 7.55. The van der Waals surface area contributed by atoms with Crippen LogP contribution in [0.25, 0.3) is 22.6 Å². The summed E-state index contributed by atoms with van der Waals surface area (Å²) in [5, 5.41) is 21.1. The van der Waals surface area contributed by atoms with E-state index in [9.17, 15) is 10.1 Å². The fourth-order valence-electron chi connectivity index (χ4n) is 3.92. The summed E-state index contributed by atoms with van der Waals surface area (Å²) in [5.74, 6) is 1.28. The minimum Gasteiger partial charge on any atom is -0.490 e. The normalized spacial score (nSPS) is 14.9. The summed E-state index contributed by atoms with van der Waals surface area (Å²) < 4.78 is 5.69. The zero-order valence-electron chi connectivity index (χ0n) is 16.8. The van der Waals surface area contributed by atoms with Gasteiger partial charge in [-0.25, -0.2) is 9.78 Å². The third-order valence-electron chi connectivity index (χ3n) is 5.17. The van der Waals surface area contributed by atoms with Crippen molar-refractivity contribution in [1.29, 1.82) is 5.26 Å². The smallest absolute Gasteiger partial charge is 0.405 e. The molecule has 7 heteroatoms. The Morgan fingerprint density at radius 2 is 2.20 bits per heavy atom. The van der Waals surface area contributed by atoms with E-state index >= 15 is 0 Å². The Hall–Kier alpha value is -3.79. The van der Waals surface area contributed by atoms with Gasteiger partial charge in [-0.3, -0.25) is 0 Å². The molecule has 3 aromatic rings. The lowest BCUT2D eigenvalue weighted by Gasteiger charge is -2.12. The van der Waals surface area contributed by atoms with Crippen LogP contribution >= 0.6 is 0 Å². The molecule has 0 saturated carbocycles. The van der Waals surface area contributed by atoms with Gasteiger partial charge in [0, 0.05) is 11.1 Å². The molecule has 1 aliphatic carbocycles. The summed E-state index contributed by atoms with van der Waals surface area (Å²) >= 11 is 0. The molecule has 2 aromatic carbocycles. The van der Waals surface area contributed by atoms with Crippen LogP contribution in [0.3, 0.4) is 0 Å². The van der Waals surface area contributed by atoms with Gasteiger partial charge < -0.3 is 20.1 Å². The predicted octanol–water partition coefficient (Wildman–Crippen LogP) is 4.66. The maximum Gasteiger partial charge on any atom is 0.405 e. The fourth-order valence-corrected chi connectivity index (χ4v) is 3.92. The van der Waals surface area contributed by atoms with Crippen molar-refractivity contribution < 1.29 is 14.6 Å². The van der Waals surface area contributed by atoms with Gasteiger partial charge in [0.2, 0.25) is 0 Å². The van der Waals surface area contributed by atoms with Crippen LogP contribution in [0.1, 0.15) is 43.0 Å². The van der Waals surface area contributed by atoms with Crippen LogP contribution in [0.2, 0.25) is 0 Å². The first-order chi connectivity index (χ1) is 14.5. The third kappa shape index (κ3) is 3.72. The summed E-state index contributed by atoms with van der Waals surface area (Å²) in [6.07, 6.45) is 2.23. The summed E-state index contributed by atoms with van der Waals surface area (Å²) in [6.45, 7) is 3.84. The molecule has 1 unspecified atom stereocenters. The lowest BCUT2D eigenvalue weighted by atomic mass is 10.0. The highest BCUT2D eigenvalue weighted by molar-refractivity contribution is 5.71. The van der Waals surface area contributed by atoms with E-state index in [1.165, 1.54) is 0 Å². The maximum absolute atomic E-state index is 11.1. The Labute approximate surface area is 174 Å². The Bertz CT molecular complexity index is 1140. The van der Waals surface area contributed by atoms with E-state index in [1.54, 1.807) is 18.3 Å². The van der Waals surface area contributed by atoms with Gasteiger partial charge in [-0.05, 0) is 56.0 Å². The molecule has 1 amide bonds. The van der Waals surface area contributed by atoms with Crippen LogP contribution < -0.4 is 10.1 Å². The van der Waals surface area contributed by atoms with Crippen LogP contribution in [0.15, 0.2) is 42.6 Å². The summed E-state index contributed by atoms with van der Waals surface area (Å²) in [6, 6.07) is 13.4. The monoisotopic (exact) mass is 402 g/mol. The highest BCUT2D eigenvalue weighted by atomic mass is 16.5. The van der Waals surface area contributed by atoms with Crippen molar-refractivity contribution in [2.24, 2.45) is 0 Å². The van der Waals surface area contributed by atoms with Gasteiger partial charge in [0.05, 0.1) is 29.6 Å². The van der Waals surface area contributed by atoms with Crippen LogP contribution in [-0.4, -0.2) is 27.3 Å². The molecule has 0 radical (unpaired) electrons.